The number of aryl methyl sites for hydroxylation is 1. The molecule has 1 unspecified atom stereocenters. The van der Waals surface area contributed by atoms with Gasteiger partial charge in [0, 0.05) is 118 Å². The molecule has 5 rings (SSSR count). The van der Waals surface area contributed by atoms with E-state index in [-0.39, 0.29) is 168 Å². The molecule has 2 heterocycles. The van der Waals surface area contributed by atoms with Gasteiger partial charge < -0.3 is 97.8 Å². The van der Waals surface area contributed by atoms with Gasteiger partial charge in [-0.2, -0.15) is 0 Å². The van der Waals surface area contributed by atoms with Crippen molar-refractivity contribution in [2.45, 2.75) is 133 Å². The first-order valence-corrected chi connectivity index (χ1v) is 39.7. The number of nitrogens with one attached hydrogen (secondary N) is 9. The fourth-order valence-electron chi connectivity index (χ4n) is 12.1. The average molecular weight is 1750 g/mol. The van der Waals surface area contributed by atoms with E-state index < -0.39 is 103 Å². The summed E-state index contributed by atoms with van der Waals surface area (Å²) >= 11 is 7.84. The van der Waals surface area contributed by atoms with Gasteiger partial charge in [0.15, 0.2) is 5.11 Å². The molecule has 4 aromatic rings. The summed E-state index contributed by atoms with van der Waals surface area (Å²) in [5, 5.41) is 101. The number of urea groups is 2. The minimum atomic E-state index is -1.29. The van der Waals surface area contributed by atoms with Gasteiger partial charge in [0.1, 0.15) is 23.8 Å². The van der Waals surface area contributed by atoms with Crippen LogP contribution in [-0.4, -0.2) is 309 Å². The van der Waals surface area contributed by atoms with Crippen LogP contribution in [0.3, 0.4) is 0 Å². The molecule has 1 aromatic heterocycles. The first-order valence-electron chi connectivity index (χ1n) is 38.2. The SMILES string of the molecule is O=C(O)CCCNC(=O)N[C@@H](CCCCNC(=O)Nc1cccc(-c2cn(CCOCCOCCOCCC(=O)N[C@@H](CCCCNC(=S)Nc3ccc(CC4CN(CC(=O)O)CCN(CC(=O)O)CCN(CC(=O)O)CCN4CC(=O)O)cc3)C(=O)N[C@@H](CCCCNC(=O)CCCc3ccc(I)cc3)C(=O)O)nn2)c1)C(=O)O. The maximum Gasteiger partial charge on any atom is 0.326 e. The van der Waals surface area contributed by atoms with Gasteiger partial charge in [-0.1, -0.05) is 41.6 Å². The van der Waals surface area contributed by atoms with E-state index in [4.69, 9.17) is 31.5 Å². The number of benzene rings is 3. The molecule has 115 heavy (non-hydrogen) atoms. The number of halogens is 1. The minimum Gasteiger partial charge on any atom is -0.481 e. The van der Waals surface area contributed by atoms with E-state index in [0.717, 1.165) is 21.1 Å². The van der Waals surface area contributed by atoms with Crippen molar-refractivity contribution in [2.75, 3.05) is 148 Å². The third-order valence-electron chi connectivity index (χ3n) is 18.0. The summed E-state index contributed by atoms with van der Waals surface area (Å²) in [5.41, 5.74) is 4.20. The number of ether oxygens (including phenoxy) is 3. The van der Waals surface area contributed by atoms with E-state index in [1.54, 1.807) is 79.0 Å². The van der Waals surface area contributed by atoms with Crippen molar-refractivity contribution >= 4 is 123 Å². The Morgan fingerprint density at radius 3 is 1.64 bits per heavy atom. The van der Waals surface area contributed by atoms with Gasteiger partial charge in [0.2, 0.25) is 17.7 Å². The van der Waals surface area contributed by atoms with Crippen LogP contribution in [0.25, 0.3) is 11.3 Å². The van der Waals surface area contributed by atoms with Crippen molar-refractivity contribution in [1.82, 2.24) is 71.8 Å². The van der Waals surface area contributed by atoms with Crippen molar-refractivity contribution in [1.29, 1.82) is 0 Å². The molecule has 0 radical (unpaired) electrons. The zero-order chi connectivity index (χ0) is 83.7. The van der Waals surface area contributed by atoms with E-state index in [1.165, 1.54) is 0 Å². The first kappa shape index (κ1) is 95.8. The number of carboxylic acid groups (broad SMARTS) is 7. The maximum absolute atomic E-state index is 13.9. The van der Waals surface area contributed by atoms with Crippen LogP contribution < -0.4 is 47.9 Å². The van der Waals surface area contributed by atoms with Crippen LogP contribution in [-0.2, 0) is 81.5 Å². The predicted molar refractivity (Wildman–Crippen MR) is 432 cm³/mol. The van der Waals surface area contributed by atoms with Crippen molar-refractivity contribution in [3.63, 3.8) is 0 Å². The molecular weight excluding hydrogens is 1640 g/mol. The Balaban J connectivity index is 1.05. The van der Waals surface area contributed by atoms with Crippen LogP contribution in [0.15, 0.2) is 79.0 Å². The Morgan fingerprint density at radius 1 is 0.487 bits per heavy atom. The van der Waals surface area contributed by atoms with Crippen LogP contribution in [0.5, 0.6) is 0 Å². The summed E-state index contributed by atoms with van der Waals surface area (Å²) < 4.78 is 19.7. The molecule has 3 aromatic carbocycles. The van der Waals surface area contributed by atoms with Crippen molar-refractivity contribution in [2.24, 2.45) is 0 Å². The smallest absolute Gasteiger partial charge is 0.326 e. The number of nitrogens with zero attached hydrogens (tertiary/aromatic N) is 7. The van der Waals surface area contributed by atoms with E-state index in [0.29, 0.717) is 93.6 Å². The van der Waals surface area contributed by atoms with Crippen LogP contribution in [0.4, 0.5) is 21.0 Å². The molecule has 0 bridgehead atoms. The molecule has 1 saturated heterocycles. The number of anilines is 2. The second-order valence-electron chi connectivity index (χ2n) is 27.3. The lowest BCUT2D eigenvalue weighted by Gasteiger charge is -2.37. The highest BCUT2D eigenvalue weighted by Gasteiger charge is 2.30. The quantitative estimate of drug-likeness (QED) is 0.0172. The normalized spacial score (nSPS) is 14.6. The number of hydrogen-bond acceptors (Lipinski definition) is 22. The summed E-state index contributed by atoms with van der Waals surface area (Å²) in [6, 6.07) is 16.8. The lowest BCUT2D eigenvalue weighted by Crippen LogP contribution is -2.53. The molecular formula is C75H109IN16O22S. The van der Waals surface area contributed by atoms with Gasteiger partial charge in [-0.25, -0.2) is 23.9 Å². The molecule has 7 amide bonds. The number of carbonyl (C=O) groups is 12. The highest BCUT2D eigenvalue weighted by atomic mass is 127. The fraction of sp³-hybridized carbons (Fsp3) is 0.560. The number of rotatable bonds is 54. The summed E-state index contributed by atoms with van der Waals surface area (Å²) in [5.74, 6) is -9.30. The summed E-state index contributed by atoms with van der Waals surface area (Å²) in [4.78, 5) is 154. The van der Waals surface area contributed by atoms with Crippen molar-refractivity contribution in [3.05, 3.63) is 93.7 Å². The molecule has 16 N–H and O–H groups in total. The molecule has 0 saturated carbocycles. The molecule has 1 aliphatic rings. The highest BCUT2D eigenvalue weighted by Crippen LogP contribution is 2.22. The largest absolute Gasteiger partial charge is 0.481 e. The van der Waals surface area contributed by atoms with E-state index in [1.807, 2.05) is 24.3 Å². The molecule has 0 aliphatic carbocycles. The molecule has 634 valence electrons. The zero-order valence-electron chi connectivity index (χ0n) is 64.4. The third-order valence-corrected chi connectivity index (χ3v) is 19.0. The molecule has 0 spiro atoms. The topological polar surface area (TPSA) is 526 Å². The van der Waals surface area contributed by atoms with E-state index in [2.05, 4.69) is 80.8 Å². The van der Waals surface area contributed by atoms with Crippen LogP contribution >= 0.6 is 34.8 Å². The monoisotopic (exact) mass is 1740 g/mol. The third kappa shape index (κ3) is 42.9. The average Bonchev–Trinajstić information content (AvgIpc) is 1.11. The number of amides is 7. The van der Waals surface area contributed by atoms with Crippen molar-refractivity contribution in [3.8, 4) is 11.3 Å². The Kier molecular flexibility index (Phi) is 45.7. The molecule has 1 fully saturated rings. The first-order chi connectivity index (χ1) is 55.2. The van der Waals surface area contributed by atoms with Crippen molar-refractivity contribution < 1.29 is 107 Å². The van der Waals surface area contributed by atoms with Gasteiger partial charge in [0.25, 0.3) is 0 Å². The fourth-order valence-corrected chi connectivity index (χ4v) is 12.7. The Hall–Kier alpha value is -9.82. The highest BCUT2D eigenvalue weighted by molar-refractivity contribution is 14.1. The Morgan fingerprint density at radius 2 is 1.03 bits per heavy atom. The Bertz CT molecular complexity index is 3740. The van der Waals surface area contributed by atoms with Crippen LogP contribution in [0, 0.1) is 3.57 Å². The number of carbonyl (C=O) groups excluding carboxylic acids is 5. The number of aromatic nitrogens is 3. The second kappa shape index (κ2) is 54.9. The van der Waals surface area contributed by atoms with E-state index >= 15 is 0 Å². The standard InChI is InChI=1S/C75H109IN16O22S/c76-55-22-18-52(19-23-55)10-7-16-63(93)77-27-4-2-14-60(71(106)107)84-70(105)59(13-1-6-29-80-75(115)82-56-24-20-53(21-25-56)44-58-46-90(50-68(101)102)34-33-88(48-66(97)98)31-32-89(49-67(99)100)35-36-91(58)51-69(103)104)83-64(94)26-38-112-40-42-114-43-41-113-39-37-92-47-62(86-87-92)54-11-8-12-57(45-54)81-73(110)78-28-5-3-15-61(72(108)109)85-74(111)79-30-9-17-65(95)96/h8,11-12,18-25,45,47,58-61H,1-7,9-10,13-17,26-44,46,48-51H2,(H,77,93)(H,83,94)(H,84,105)(H,95,96)(H,97,98)(H,99,100)(H,101,102)(H,103,104)(H,106,107)(H,108,109)(H2,78,81,110)(H2,79,85,111)(H2,80,82,115)/t58?,59-,60-,61-/m0/s1. The van der Waals surface area contributed by atoms with E-state index in [9.17, 15) is 88.2 Å². The molecule has 1 aliphatic heterocycles. The van der Waals surface area contributed by atoms with Gasteiger partial charge in [-0.05, 0) is 166 Å². The molecule has 4 atom stereocenters. The second-order valence-corrected chi connectivity index (χ2v) is 29.0. The van der Waals surface area contributed by atoms with Crippen LogP contribution in [0.1, 0.15) is 101 Å². The summed E-state index contributed by atoms with van der Waals surface area (Å²) in [6.07, 6.45) is 6.43. The summed E-state index contributed by atoms with van der Waals surface area (Å²) in [6.45, 7) is 1.87. The number of carboxylic acids is 7. The lowest BCUT2D eigenvalue weighted by atomic mass is 10.0. The van der Waals surface area contributed by atoms with Gasteiger partial charge >= 0.3 is 53.8 Å². The lowest BCUT2D eigenvalue weighted by molar-refractivity contribution is -0.142. The number of thiocarbonyl (C=S) groups is 1. The Labute approximate surface area is 685 Å². The number of hydrogen-bond donors (Lipinski definition) is 16. The van der Waals surface area contributed by atoms with Gasteiger partial charge in [-0.3, -0.25) is 58.0 Å². The molecule has 38 nitrogen and oxygen atoms in total. The van der Waals surface area contributed by atoms with Crippen LogP contribution in [0.2, 0.25) is 0 Å². The van der Waals surface area contributed by atoms with Gasteiger partial charge in [0.05, 0.1) is 78.6 Å². The maximum atomic E-state index is 13.9. The summed E-state index contributed by atoms with van der Waals surface area (Å²) in [7, 11) is 0. The molecule has 40 heteroatoms. The predicted octanol–water partition coefficient (Wildman–Crippen LogP) is 2.89. The van der Waals surface area contributed by atoms with Gasteiger partial charge in [-0.15, -0.1) is 5.10 Å². The minimum absolute atomic E-state index is 0.0200. The zero-order valence-corrected chi connectivity index (χ0v) is 67.3. The number of aliphatic carboxylic acids is 7. The number of unbranched alkanes of at least 4 members (excludes halogenated alkanes) is 3.